The zero-order chi connectivity index (χ0) is 9.23. The summed E-state index contributed by atoms with van der Waals surface area (Å²) in [6, 6.07) is -0.231. The first-order valence-electron chi connectivity index (χ1n) is 3.29. The first-order valence-corrected chi connectivity index (χ1v) is 4.16. The highest BCUT2D eigenvalue weighted by Crippen LogP contribution is 2.24. The van der Waals surface area contributed by atoms with E-state index in [-0.39, 0.29) is 6.04 Å². The Bertz CT molecular complexity index is 128. The molecule has 0 aromatic heterocycles. The Kier molecular flexibility index (Phi) is 4.08. The maximum Gasteiger partial charge on any atom is 0.167 e. The van der Waals surface area contributed by atoms with Gasteiger partial charge in [0.15, 0.2) is 10.6 Å². The van der Waals surface area contributed by atoms with Crippen LogP contribution in [0.15, 0.2) is 0 Å². The third-order valence-electron chi connectivity index (χ3n) is 1.37. The molecule has 0 aliphatic carbocycles. The van der Waals surface area contributed by atoms with E-state index >= 15 is 0 Å². The molecule has 0 heterocycles. The maximum absolute atomic E-state index is 9.44. The van der Waals surface area contributed by atoms with Crippen LogP contribution in [0.2, 0.25) is 0 Å². The van der Waals surface area contributed by atoms with Crippen molar-refractivity contribution in [2.45, 2.75) is 37.4 Å². The quantitative estimate of drug-likeness (QED) is 0.415. The second kappa shape index (κ2) is 3.92. The first kappa shape index (κ1) is 11.5. The number of rotatable bonds is 3. The van der Waals surface area contributed by atoms with Crippen LogP contribution in [-0.2, 0) is 0 Å². The van der Waals surface area contributed by atoms with E-state index in [1.807, 2.05) is 0 Å². The fourth-order valence-corrected chi connectivity index (χ4v) is 0.823. The molecule has 5 heteroatoms. The summed E-state index contributed by atoms with van der Waals surface area (Å²) in [6.45, 7) is 4.77. The molecule has 0 aromatic rings. The lowest BCUT2D eigenvalue weighted by atomic mass is 10.2. The van der Waals surface area contributed by atoms with Gasteiger partial charge in [-0.05, 0) is 20.8 Å². The van der Waals surface area contributed by atoms with Crippen LogP contribution in [-0.4, -0.2) is 32.0 Å². The molecule has 0 saturated carbocycles. The van der Waals surface area contributed by atoms with Crippen LogP contribution in [0.1, 0.15) is 20.8 Å². The third kappa shape index (κ3) is 2.76. The van der Waals surface area contributed by atoms with Crippen molar-refractivity contribution < 1.29 is 10.3 Å². The molecule has 0 amide bonds. The van der Waals surface area contributed by atoms with Crippen molar-refractivity contribution in [2.75, 3.05) is 0 Å². The van der Waals surface area contributed by atoms with E-state index in [2.05, 4.69) is 0 Å². The SMILES string of the molecule is CC(C)N(O)C(C)(O)C(Cl)Cl. The second-order valence-corrected chi connectivity index (χ2v) is 3.93. The van der Waals surface area contributed by atoms with Gasteiger partial charge in [-0.25, -0.2) is 0 Å². The molecule has 3 nitrogen and oxygen atoms in total. The summed E-state index contributed by atoms with van der Waals surface area (Å²) in [7, 11) is 0. The number of alkyl halides is 2. The average Bonchev–Trinajstić information content (AvgIpc) is 1.85. The van der Waals surface area contributed by atoms with Crippen LogP contribution in [0.4, 0.5) is 0 Å². The zero-order valence-electron chi connectivity index (χ0n) is 6.75. The largest absolute Gasteiger partial charge is 0.371 e. The molecule has 1 unspecified atom stereocenters. The summed E-state index contributed by atoms with van der Waals surface area (Å²) in [5.74, 6) is 0. The Balaban J connectivity index is 4.29. The van der Waals surface area contributed by atoms with Crippen LogP contribution >= 0.6 is 23.2 Å². The van der Waals surface area contributed by atoms with E-state index in [0.717, 1.165) is 5.06 Å². The van der Waals surface area contributed by atoms with Crippen molar-refractivity contribution in [3.63, 3.8) is 0 Å². The van der Waals surface area contributed by atoms with E-state index in [0.29, 0.717) is 0 Å². The molecule has 0 aliphatic rings. The highest BCUT2D eigenvalue weighted by molar-refractivity contribution is 6.45. The van der Waals surface area contributed by atoms with Crippen LogP contribution < -0.4 is 0 Å². The van der Waals surface area contributed by atoms with Crippen molar-refractivity contribution in [1.82, 2.24) is 5.06 Å². The number of aliphatic hydroxyl groups is 1. The number of halogens is 2. The molecule has 0 spiro atoms. The van der Waals surface area contributed by atoms with Crippen molar-refractivity contribution in [3.05, 3.63) is 0 Å². The Morgan fingerprint density at radius 3 is 1.82 bits per heavy atom. The van der Waals surface area contributed by atoms with Crippen molar-refractivity contribution in [1.29, 1.82) is 0 Å². The monoisotopic (exact) mass is 201 g/mol. The summed E-state index contributed by atoms with van der Waals surface area (Å²) in [4.78, 5) is -1.05. The fraction of sp³-hybridized carbons (Fsp3) is 1.00. The predicted octanol–water partition coefficient (Wildman–Crippen LogP) is 1.60. The van der Waals surface area contributed by atoms with Gasteiger partial charge in [-0.3, -0.25) is 0 Å². The van der Waals surface area contributed by atoms with Gasteiger partial charge in [0.05, 0.1) is 0 Å². The van der Waals surface area contributed by atoms with Gasteiger partial charge in [-0.15, -0.1) is 23.2 Å². The zero-order valence-corrected chi connectivity index (χ0v) is 8.26. The van der Waals surface area contributed by atoms with E-state index < -0.39 is 10.6 Å². The topological polar surface area (TPSA) is 43.7 Å². The molecule has 68 valence electrons. The molecule has 0 bridgehead atoms. The van der Waals surface area contributed by atoms with Gasteiger partial charge in [0, 0.05) is 6.04 Å². The first-order chi connectivity index (χ1) is 4.80. The molecule has 0 fully saturated rings. The molecular weight excluding hydrogens is 189 g/mol. The molecule has 0 saturated heterocycles. The molecule has 0 aliphatic heterocycles. The average molecular weight is 202 g/mol. The van der Waals surface area contributed by atoms with Gasteiger partial charge in [0.2, 0.25) is 0 Å². The lowest BCUT2D eigenvalue weighted by Gasteiger charge is -2.35. The number of hydrogen-bond acceptors (Lipinski definition) is 3. The van der Waals surface area contributed by atoms with E-state index in [1.54, 1.807) is 13.8 Å². The molecule has 11 heavy (non-hydrogen) atoms. The summed E-state index contributed by atoms with van der Waals surface area (Å²) in [6.07, 6.45) is 0. The molecule has 1 atom stereocenters. The van der Waals surface area contributed by atoms with Crippen molar-refractivity contribution >= 4 is 23.2 Å². The predicted molar refractivity (Wildman–Crippen MR) is 44.9 cm³/mol. The van der Waals surface area contributed by atoms with E-state index in [4.69, 9.17) is 23.2 Å². The second-order valence-electron chi connectivity index (χ2n) is 2.83. The highest BCUT2D eigenvalue weighted by Gasteiger charge is 2.36. The Morgan fingerprint density at radius 1 is 1.36 bits per heavy atom. The summed E-state index contributed by atoms with van der Waals surface area (Å²) in [5.41, 5.74) is -1.60. The van der Waals surface area contributed by atoms with Crippen LogP contribution in [0.25, 0.3) is 0 Å². The van der Waals surface area contributed by atoms with Crippen molar-refractivity contribution in [3.8, 4) is 0 Å². The lowest BCUT2D eigenvalue weighted by Crippen LogP contribution is -2.52. The van der Waals surface area contributed by atoms with Gasteiger partial charge >= 0.3 is 0 Å². The maximum atomic E-state index is 9.44. The standard InChI is InChI=1S/C6H13Cl2NO2/c1-4(2)9(11)6(3,10)5(7)8/h4-5,10-11H,1-3H3. The number of hydrogen-bond donors (Lipinski definition) is 2. The van der Waals surface area contributed by atoms with Gasteiger partial charge < -0.3 is 10.3 Å². The molecule has 2 N–H and O–H groups in total. The number of hydroxylamine groups is 2. The minimum Gasteiger partial charge on any atom is -0.371 e. The Labute approximate surface area is 76.5 Å². The summed E-state index contributed by atoms with van der Waals surface area (Å²) in [5, 5.41) is 19.4. The molecule has 0 aromatic carbocycles. The summed E-state index contributed by atoms with van der Waals surface area (Å²) >= 11 is 10.8. The van der Waals surface area contributed by atoms with Crippen LogP contribution in [0.3, 0.4) is 0 Å². The third-order valence-corrected chi connectivity index (χ3v) is 2.19. The van der Waals surface area contributed by atoms with E-state index in [1.165, 1.54) is 6.92 Å². The normalized spacial score (nSPS) is 18.0. The Morgan fingerprint density at radius 2 is 1.73 bits per heavy atom. The lowest BCUT2D eigenvalue weighted by molar-refractivity contribution is -0.264. The highest BCUT2D eigenvalue weighted by atomic mass is 35.5. The van der Waals surface area contributed by atoms with Gasteiger partial charge in [-0.1, -0.05) is 0 Å². The smallest absolute Gasteiger partial charge is 0.167 e. The van der Waals surface area contributed by atoms with Gasteiger partial charge in [-0.2, -0.15) is 5.06 Å². The Hall–Kier alpha value is 0.460. The van der Waals surface area contributed by atoms with Crippen LogP contribution in [0.5, 0.6) is 0 Å². The van der Waals surface area contributed by atoms with Crippen molar-refractivity contribution in [2.24, 2.45) is 0 Å². The number of nitrogens with zero attached hydrogens (tertiary/aromatic N) is 1. The van der Waals surface area contributed by atoms with E-state index in [9.17, 15) is 10.3 Å². The molecular formula is C6H13Cl2NO2. The minimum atomic E-state index is -1.60. The minimum absolute atomic E-state index is 0.231. The molecule has 0 rings (SSSR count). The fourth-order valence-electron chi connectivity index (χ4n) is 0.623. The van der Waals surface area contributed by atoms with Gasteiger partial charge in [0.25, 0.3) is 0 Å². The molecule has 0 radical (unpaired) electrons. The summed E-state index contributed by atoms with van der Waals surface area (Å²) < 4.78 is 0. The van der Waals surface area contributed by atoms with Crippen LogP contribution in [0, 0.1) is 0 Å². The van der Waals surface area contributed by atoms with Gasteiger partial charge in [0.1, 0.15) is 0 Å².